The number of nitro groups is 1. The number of nitrogens with one attached hydrogen (secondary N) is 2. The van der Waals surface area contributed by atoms with Crippen LogP contribution in [0.5, 0.6) is 0 Å². The summed E-state index contributed by atoms with van der Waals surface area (Å²) in [6.45, 7) is 4.92. The molecule has 6 nitrogen and oxygen atoms in total. The first-order chi connectivity index (χ1) is 10.1. The molecule has 0 radical (unpaired) electrons. The van der Waals surface area contributed by atoms with E-state index < -0.39 is 0 Å². The van der Waals surface area contributed by atoms with E-state index in [-0.39, 0.29) is 16.0 Å². The Kier molecular flexibility index (Phi) is 3.77. The summed E-state index contributed by atoms with van der Waals surface area (Å²) in [5.74, 6) is 0. The molecule has 1 fully saturated rings. The first kappa shape index (κ1) is 14.2. The van der Waals surface area contributed by atoms with Crippen LogP contribution in [-0.4, -0.2) is 29.5 Å². The fourth-order valence-electron chi connectivity index (χ4n) is 2.82. The third-order valence-corrected chi connectivity index (χ3v) is 4.84. The highest BCUT2D eigenvalue weighted by Gasteiger charge is 2.28. The molecule has 3 rings (SSSR count). The Morgan fingerprint density at radius 2 is 2.43 bits per heavy atom. The quantitative estimate of drug-likeness (QED) is 0.670. The zero-order valence-corrected chi connectivity index (χ0v) is 12.7. The van der Waals surface area contributed by atoms with Gasteiger partial charge in [-0.15, -0.1) is 11.3 Å². The number of thiazole rings is 1. The van der Waals surface area contributed by atoms with Crippen LogP contribution in [0.1, 0.15) is 19.8 Å². The molecule has 0 saturated carbocycles. The zero-order chi connectivity index (χ0) is 14.9. The van der Waals surface area contributed by atoms with Crippen LogP contribution < -0.4 is 10.6 Å². The molecule has 112 valence electrons. The normalized spacial score (nSPS) is 22.3. The Hall–Kier alpha value is -1.73. The molecular weight excluding hydrogens is 288 g/mol. The zero-order valence-electron chi connectivity index (χ0n) is 11.9. The van der Waals surface area contributed by atoms with E-state index in [0.29, 0.717) is 11.2 Å². The standard InChI is InChI=1S/C14H18N4O2S/c1-14(5-2-6-15-7-14)8-16-10-3-4-11-12(17-9-21-11)13(10)18(19)20/h3-4,9,15-16H,2,5-8H2,1H3. The van der Waals surface area contributed by atoms with E-state index in [0.717, 1.165) is 37.2 Å². The van der Waals surface area contributed by atoms with E-state index in [1.807, 2.05) is 6.07 Å². The molecule has 0 aliphatic carbocycles. The Morgan fingerprint density at radius 1 is 1.57 bits per heavy atom. The molecule has 1 unspecified atom stereocenters. The van der Waals surface area contributed by atoms with E-state index >= 15 is 0 Å². The second-order valence-corrected chi connectivity index (χ2v) is 6.75. The van der Waals surface area contributed by atoms with Gasteiger partial charge in [-0.2, -0.15) is 0 Å². The summed E-state index contributed by atoms with van der Waals surface area (Å²) in [5.41, 5.74) is 2.89. The summed E-state index contributed by atoms with van der Waals surface area (Å²) in [6, 6.07) is 3.68. The average Bonchev–Trinajstić information content (AvgIpc) is 2.93. The Morgan fingerprint density at radius 3 is 3.14 bits per heavy atom. The van der Waals surface area contributed by atoms with Crippen LogP contribution in [0, 0.1) is 15.5 Å². The number of benzene rings is 1. The molecule has 1 saturated heterocycles. The van der Waals surface area contributed by atoms with Crippen molar-refractivity contribution in [2.24, 2.45) is 5.41 Å². The van der Waals surface area contributed by atoms with Crippen LogP contribution in [0.3, 0.4) is 0 Å². The van der Waals surface area contributed by atoms with Gasteiger partial charge in [0, 0.05) is 13.1 Å². The van der Waals surface area contributed by atoms with Gasteiger partial charge in [-0.05, 0) is 36.9 Å². The number of hydrogen-bond acceptors (Lipinski definition) is 6. The largest absolute Gasteiger partial charge is 0.379 e. The molecule has 7 heteroatoms. The number of hydrogen-bond donors (Lipinski definition) is 2. The second-order valence-electron chi connectivity index (χ2n) is 5.86. The van der Waals surface area contributed by atoms with Gasteiger partial charge in [0.1, 0.15) is 5.69 Å². The maximum Gasteiger partial charge on any atom is 0.319 e. The minimum Gasteiger partial charge on any atom is -0.379 e. The van der Waals surface area contributed by atoms with E-state index in [1.165, 1.54) is 11.3 Å². The number of anilines is 1. The Balaban J connectivity index is 1.86. The lowest BCUT2D eigenvalue weighted by atomic mass is 9.83. The third-order valence-electron chi connectivity index (χ3n) is 4.05. The number of nitrogens with zero attached hydrogens (tertiary/aromatic N) is 2. The molecule has 2 heterocycles. The monoisotopic (exact) mass is 306 g/mol. The van der Waals surface area contributed by atoms with Crippen molar-refractivity contribution in [1.82, 2.24) is 10.3 Å². The van der Waals surface area contributed by atoms with Gasteiger partial charge >= 0.3 is 5.69 Å². The van der Waals surface area contributed by atoms with Gasteiger partial charge in [0.2, 0.25) is 0 Å². The van der Waals surface area contributed by atoms with Crippen molar-refractivity contribution in [3.05, 3.63) is 27.8 Å². The van der Waals surface area contributed by atoms with Gasteiger partial charge in [-0.25, -0.2) is 4.98 Å². The number of nitro benzene ring substituents is 1. The molecular formula is C14H18N4O2S. The van der Waals surface area contributed by atoms with Crippen molar-refractivity contribution < 1.29 is 4.92 Å². The molecule has 2 aromatic rings. The smallest absolute Gasteiger partial charge is 0.319 e. The first-order valence-electron chi connectivity index (χ1n) is 7.04. The fourth-order valence-corrected chi connectivity index (χ4v) is 3.50. The number of fused-ring (bicyclic) bond motifs is 1. The van der Waals surface area contributed by atoms with E-state index in [2.05, 4.69) is 22.5 Å². The number of rotatable bonds is 4. The summed E-state index contributed by atoms with van der Waals surface area (Å²) < 4.78 is 0.845. The lowest BCUT2D eigenvalue weighted by Gasteiger charge is -2.34. The van der Waals surface area contributed by atoms with Crippen molar-refractivity contribution >= 4 is 32.9 Å². The van der Waals surface area contributed by atoms with Gasteiger partial charge in [0.15, 0.2) is 5.52 Å². The molecule has 1 atom stereocenters. The van der Waals surface area contributed by atoms with E-state index in [1.54, 1.807) is 11.6 Å². The molecule has 0 amide bonds. The van der Waals surface area contributed by atoms with Crippen molar-refractivity contribution in [2.45, 2.75) is 19.8 Å². The topological polar surface area (TPSA) is 80.1 Å². The molecule has 21 heavy (non-hydrogen) atoms. The molecule has 2 N–H and O–H groups in total. The summed E-state index contributed by atoms with van der Waals surface area (Å²) in [4.78, 5) is 15.2. The highest BCUT2D eigenvalue weighted by atomic mass is 32.1. The lowest BCUT2D eigenvalue weighted by Crippen LogP contribution is -2.42. The maximum absolute atomic E-state index is 11.4. The van der Waals surface area contributed by atoms with Crippen LogP contribution in [0.2, 0.25) is 0 Å². The van der Waals surface area contributed by atoms with Gasteiger partial charge in [0.25, 0.3) is 0 Å². The minimum atomic E-state index is -0.341. The molecule has 0 spiro atoms. The molecule has 1 aromatic heterocycles. The number of aromatic nitrogens is 1. The highest BCUT2D eigenvalue weighted by molar-refractivity contribution is 7.16. The highest BCUT2D eigenvalue weighted by Crippen LogP contribution is 2.35. The van der Waals surface area contributed by atoms with Crippen LogP contribution in [-0.2, 0) is 0 Å². The molecule has 1 aromatic carbocycles. The average molecular weight is 306 g/mol. The number of piperidine rings is 1. The van der Waals surface area contributed by atoms with Crippen LogP contribution in [0.15, 0.2) is 17.6 Å². The Bertz CT molecular complexity index is 664. The van der Waals surface area contributed by atoms with Gasteiger partial charge in [-0.3, -0.25) is 10.1 Å². The molecule has 1 aliphatic rings. The summed E-state index contributed by atoms with van der Waals surface area (Å²) >= 11 is 1.42. The van der Waals surface area contributed by atoms with Crippen molar-refractivity contribution in [1.29, 1.82) is 0 Å². The van der Waals surface area contributed by atoms with Crippen molar-refractivity contribution in [3.8, 4) is 0 Å². The molecule has 1 aliphatic heterocycles. The second kappa shape index (κ2) is 5.57. The lowest BCUT2D eigenvalue weighted by molar-refractivity contribution is -0.382. The van der Waals surface area contributed by atoms with Gasteiger partial charge in [0.05, 0.1) is 15.1 Å². The van der Waals surface area contributed by atoms with Crippen molar-refractivity contribution in [2.75, 3.05) is 25.0 Å². The van der Waals surface area contributed by atoms with E-state index in [9.17, 15) is 10.1 Å². The first-order valence-corrected chi connectivity index (χ1v) is 7.92. The molecule has 0 bridgehead atoms. The van der Waals surface area contributed by atoms with Crippen molar-refractivity contribution in [3.63, 3.8) is 0 Å². The fraction of sp³-hybridized carbons (Fsp3) is 0.500. The van der Waals surface area contributed by atoms with E-state index in [4.69, 9.17) is 0 Å². The van der Waals surface area contributed by atoms with Gasteiger partial charge < -0.3 is 10.6 Å². The maximum atomic E-state index is 11.4. The summed E-state index contributed by atoms with van der Waals surface area (Å²) in [7, 11) is 0. The summed E-state index contributed by atoms with van der Waals surface area (Å²) in [5, 5.41) is 18.0. The van der Waals surface area contributed by atoms with Crippen LogP contribution >= 0.6 is 11.3 Å². The Labute approximate surface area is 126 Å². The van der Waals surface area contributed by atoms with Gasteiger partial charge in [-0.1, -0.05) is 6.92 Å². The van der Waals surface area contributed by atoms with Crippen LogP contribution in [0.25, 0.3) is 10.2 Å². The summed E-state index contributed by atoms with van der Waals surface area (Å²) in [6.07, 6.45) is 2.27. The SMILES string of the molecule is CC1(CNc2ccc3scnc3c2[N+](=O)[O-])CCCNC1. The predicted molar refractivity (Wildman–Crippen MR) is 85.0 cm³/mol. The predicted octanol–water partition coefficient (Wildman–Crippen LogP) is 3.01. The third kappa shape index (κ3) is 2.84. The minimum absolute atomic E-state index is 0.0844. The van der Waals surface area contributed by atoms with Crippen LogP contribution in [0.4, 0.5) is 11.4 Å².